The lowest BCUT2D eigenvalue weighted by molar-refractivity contribution is -0.133. The summed E-state index contributed by atoms with van der Waals surface area (Å²) in [6, 6.07) is 6.69. The van der Waals surface area contributed by atoms with Crippen molar-refractivity contribution in [3.63, 3.8) is 0 Å². The lowest BCUT2D eigenvalue weighted by atomic mass is 9.81. The van der Waals surface area contributed by atoms with Crippen LogP contribution in [0.5, 0.6) is 0 Å². The maximum Gasteiger partial charge on any atom is 0.335 e. The summed E-state index contributed by atoms with van der Waals surface area (Å²) in [5, 5.41) is 9.18. The summed E-state index contributed by atoms with van der Waals surface area (Å²) in [6.45, 7) is 4.29. The lowest BCUT2D eigenvalue weighted by Gasteiger charge is -2.39. The second kappa shape index (κ2) is 6.92. The predicted octanol–water partition coefficient (Wildman–Crippen LogP) is 2.20. The summed E-state index contributed by atoms with van der Waals surface area (Å²) in [4.78, 5) is 25.4. The smallest absolute Gasteiger partial charge is 0.335 e. The molecule has 0 unspecified atom stereocenters. The summed E-state index contributed by atoms with van der Waals surface area (Å²) in [6.07, 6.45) is 1.96. The van der Waals surface area contributed by atoms with E-state index in [-0.39, 0.29) is 23.3 Å². The molecule has 1 aromatic carbocycles. The van der Waals surface area contributed by atoms with Gasteiger partial charge >= 0.3 is 5.97 Å². The van der Waals surface area contributed by atoms with Crippen molar-refractivity contribution >= 4 is 11.9 Å². The van der Waals surface area contributed by atoms with E-state index in [1.165, 1.54) is 6.07 Å². The van der Waals surface area contributed by atoms with Crippen molar-refractivity contribution in [1.29, 1.82) is 0 Å². The van der Waals surface area contributed by atoms with Crippen molar-refractivity contribution in [2.24, 2.45) is 5.41 Å². The third-order valence-electron chi connectivity index (χ3n) is 4.41. The van der Waals surface area contributed by atoms with Crippen LogP contribution in [-0.4, -0.2) is 48.7 Å². The van der Waals surface area contributed by atoms with Gasteiger partial charge in [0.1, 0.15) is 0 Å². The topological polar surface area (TPSA) is 66.8 Å². The Balaban J connectivity index is 1.98. The van der Waals surface area contributed by atoms with Gasteiger partial charge in [0.15, 0.2) is 0 Å². The summed E-state index contributed by atoms with van der Waals surface area (Å²) in [7, 11) is 1.70. The van der Waals surface area contributed by atoms with E-state index in [0.717, 1.165) is 12.8 Å². The highest BCUT2D eigenvalue weighted by Crippen LogP contribution is 2.31. The van der Waals surface area contributed by atoms with Gasteiger partial charge in [0.25, 0.3) is 0 Å². The first-order chi connectivity index (χ1) is 10.4. The van der Waals surface area contributed by atoms with E-state index in [1.54, 1.807) is 25.3 Å². The third-order valence-corrected chi connectivity index (χ3v) is 4.41. The minimum absolute atomic E-state index is 0.00633. The Labute approximate surface area is 130 Å². The van der Waals surface area contributed by atoms with Gasteiger partial charge in [-0.25, -0.2) is 4.79 Å². The zero-order valence-corrected chi connectivity index (χ0v) is 13.2. The summed E-state index contributed by atoms with van der Waals surface area (Å²) < 4.78 is 5.25. The van der Waals surface area contributed by atoms with E-state index in [4.69, 9.17) is 4.74 Å². The molecule has 0 aliphatic carbocycles. The molecule has 1 saturated heterocycles. The van der Waals surface area contributed by atoms with E-state index < -0.39 is 5.97 Å². The fraction of sp³-hybridized carbons (Fsp3) is 0.529. The average Bonchev–Trinajstić information content (AvgIpc) is 2.48. The summed E-state index contributed by atoms with van der Waals surface area (Å²) >= 11 is 0. The van der Waals surface area contributed by atoms with Crippen LogP contribution < -0.4 is 0 Å². The molecular formula is C17H23NO4. The van der Waals surface area contributed by atoms with Crippen LogP contribution in [0.25, 0.3) is 0 Å². The molecule has 1 aliphatic heterocycles. The van der Waals surface area contributed by atoms with Crippen LogP contribution in [0.3, 0.4) is 0 Å². The number of aromatic carboxylic acids is 1. The van der Waals surface area contributed by atoms with Crippen LogP contribution in [0.15, 0.2) is 24.3 Å². The molecule has 1 aliphatic rings. The number of rotatable bonds is 5. The van der Waals surface area contributed by atoms with Gasteiger partial charge in [0.05, 0.1) is 18.6 Å². The fourth-order valence-electron chi connectivity index (χ4n) is 2.95. The summed E-state index contributed by atoms with van der Waals surface area (Å²) in [5.41, 5.74) is 0.909. The van der Waals surface area contributed by atoms with Crippen molar-refractivity contribution in [1.82, 2.24) is 4.90 Å². The molecule has 1 aromatic rings. The largest absolute Gasteiger partial charge is 0.478 e. The molecule has 22 heavy (non-hydrogen) atoms. The molecule has 5 heteroatoms. The van der Waals surface area contributed by atoms with E-state index in [0.29, 0.717) is 25.3 Å². The number of hydrogen-bond donors (Lipinski definition) is 1. The van der Waals surface area contributed by atoms with Gasteiger partial charge in [-0.15, -0.1) is 0 Å². The average molecular weight is 305 g/mol. The number of amides is 1. The molecular weight excluding hydrogens is 282 g/mol. The number of carboxylic acids is 1. The van der Waals surface area contributed by atoms with Crippen molar-refractivity contribution in [3.05, 3.63) is 35.4 Å². The first kappa shape index (κ1) is 16.5. The molecule has 1 amide bonds. The molecule has 0 spiro atoms. The van der Waals surface area contributed by atoms with E-state index >= 15 is 0 Å². The van der Waals surface area contributed by atoms with Crippen molar-refractivity contribution in [2.75, 3.05) is 26.8 Å². The summed E-state index contributed by atoms with van der Waals surface area (Å²) in [5.74, 6) is -0.997. The first-order valence-electron chi connectivity index (χ1n) is 7.53. The van der Waals surface area contributed by atoms with Gasteiger partial charge in [-0.3, -0.25) is 4.79 Å². The number of carbonyl (C=O) groups excluding carboxylic acids is 1. The van der Waals surface area contributed by atoms with Gasteiger partial charge in [-0.2, -0.15) is 0 Å². The van der Waals surface area contributed by atoms with Gasteiger partial charge < -0.3 is 14.7 Å². The molecule has 0 atom stereocenters. The number of benzene rings is 1. The second-order valence-corrected chi connectivity index (χ2v) is 6.26. The van der Waals surface area contributed by atoms with E-state index in [1.807, 2.05) is 4.90 Å². The van der Waals surface area contributed by atoms with Crippen LogP contribution in [0, 0.1) is 5.41 Å². The van der Waals surface area contributed by atoms with Gasteiger partial charge in [0, 0.05) is 20.2 Å². The van der Waals surface area contributed by atoms with Gasteiger partial charge in [-0.05, 0) is 29.9 Å². The zero-order chi connectivity index (χ0) is 16.2. The molecule has 2 rings (SSSR count). The number of carboxylic acid groups (broad SMARTS) is 1. The van der Waals surface area contributed by atoms with Gasteiger partial charge in [-0.1, -0.05) is 25.1 Å². The Kier molecular flexibility index (Phi) is 5.19. The Bertz CT molecular complexity index is 547. The highest BCUT2D eigenvalue weighted by atomic mass is 16.5. The number of likely N-dealkylation sites (tertiary alicyclic amines) is 1. The molecule has 1 N–H and O–H groups in total. The molecule has 1 heterocycles. The molecule has 1 fully saturated rings. The zero-order valence-electron chi connectivity index (χ0n) is 13.2. The fourth-order valence-corrected chi connectivity index (χ4v) is 2.95. The normalized spacial score (nSPS) is 17.3. The maximum absolute atomic E-state index is 12.4. The molecule has 0 bridgehead atoms. The molecule has 120 valence electrons. The van der Waals surface area contributed by atoms with Gasteiger partial charge in [0.2, 0.25) is 5.91 Å². The Morgan fingerprint density at radius 3 is 2.50 bits per heavy atom. The van der Waals surface area contributed by atoms with E-state index in [9.17, 15) is 14.7 Å². The quantitative estimate of drug-likeness (QED) is 0.905. The van der Waals surface area contributed by atoms with Crippen LogP contribution in [0.2, 0.25) is 0 Å². The van der Waals surface area contributed by atoms with Crippen molar-refractivity contribution < 1.29 is 19.4 Å². The van der Waals surface area contributed by atoms with Crippen LogP contribution >= 0.6 is 0 Å². The monoisotopic (exact) mass is 305 g/mol. The number of piperidine rings is 1. The van der Waals surface area contributed by atoms with Crippen molar-refractivity contribution in [2.45, 2.75) is 26.2 Å². The standard InChI is InChI=1S/C17H23NO4/c1-17(12-22-2)7-9-18(10-8-17)15(19)11-13-5-3-4-6-14(13)16(20)21/h3-6H,7-12H2,1-2H3,(H,20,21). The number of methoxy groups -OCH3 is 1. The van der Waals surface area contributed by atoms with Crippen LogP contribution in [0.4, 0.5) is 0 Å². The van der Waals surface area contributed by atoms with Crippen molar-refractivity contribution in [3.8, 4) is 0 Å². The molecule has 0 radical (unpaired) electrons. The Morgan fingerprint density at radius 2 is 1.91 bits per heavy atom. The minimum Gasteiger partial charge on any atom is -0.478 e. The molecule has 5 nitrogen and oxygen atoms in total. The third kappa shape index (κ3) is 3.85. The Hall–Kier alpha value is -1.88. The Morgan fingerprint density at radius 1 is 1.27 bits per heavy atom. The molecule has 0 saturated carbocycles. The molecule has 0 aromatic heterocycles. The number of ether oxygens (including phenoxy) is 1. The van der Waals surface area contributed by atoms with Crippen LogP contribution in [0.1, 0.15) is 35.7 Å². The second-order valence-electron chi connectivity index (χ2n) is 6.26. The maximum atomic E-state index is 12.4. The predicted molar refractivity (Wildman–Crippen MR) is 82.9 cm³/mol. The first-order valence-corrected chi connectivity index (χ1v) is 7.53. The lowest BCUT2D eigenvalue weighted by Crippen LogP contribution is -2.44. The minimum atomic E-state index is -0.991. The number of carbonyl (C=O) groups is 2. The van der Waals surface area contributed by atoms with Crippen LogP contribution in [-0.2, 0) is 16.0 Å². The number of nitrogens with zero attached hydrogens (tertiary/aromatic N) is 1. The highest BCUT2D eigenvalue weighted by Gasteiger charge is 2.32. The SMILES string of the molecule is COCC1(C)CCN(C(=O)Cc2ccccc2C(=O)O)CC1. The highest BCUT2D eigenvalue weighted by molar-refractivity contribution is 5.91. The van der Waals surface area contributed by atoms with E-state index in [2.05, 4.69) is 6.92 Å². The number of hydrogen-bond acceptors (Lipinski definition) is 3.